The van der Waals surface area contributed by atoms with E-state index >= 15 is 0 Å². The van der Waals surface area contributed by atoms with Crippen LogP contribution in [0.25, 0.3) is 0 Å². The highest BCUT2D eigenvalue weighted by Gasteiger charge is 2.55. The molecule has 4 atom stereocenters. The van der Waals surface area contributed by atoms with Crippen LogP contribution in [-0.4, -0.2) is 56.4 Å². The van der Waals surface area contributed by atoms with Crippen LogP contribution in [0.1, 0.15) is 6.23 Å². The van der Waals surface area contributed by atoms with E-state index in [1.165, 1.54) is 7.11 Å². The molecule has 9 nitrogen and oxygen atoms in total. The summed E-state index contributed by atoms with van der Waals surface area (Å²) in [4.78, 5) is 25.2. The molecular formula is C12H14N2O7. The Balaban J connectivity index is 2.52. The summed E-state index contributed by atoms with van der Waals surface area (Å²) < 4.78 is 10.8. The fourth-order valence-electron chi connectivity index (χ4n) is 2.13. The maximum atomic E-state index is 11.8. The summed E-state index contributed by atoms with van der Waals surface area (Å²) in [6.45, 7) is -0.663. The number of aromatic nitrogens is 2. The van der Waals surface area contributed by atoms with Crippen molar-refractivity contribution in [2.24, 2.45) is 0 Å². The van der Waals surface area contributed by atoms with E-state index in [1.807, 2.05) is 10.9 Å². The Morgan fingerprint density at radius 2 is 2.29 bits per heavy atom. The lowest BCUT2D eigenvalue weighted by Crippen LogP contribution is -2.48. The van der Waals surface area contributed by atoms with Gasteiger partial charge in [-0.1, -0.05) is 5.92 Å². The molecule has 1 aromatic heterocycles. The van der Waals surface area contributed by atoms with Crippen molar-refractivity contribution in [1.29, 1.82) is 0 Å². The van der Waals surface area contributed by atoms with Crippen LogP contribution in [0.3, 0.4) is 0 Å². The van der Waals surface area contributed by atoms with Crippen molar-refractivity contribution >= 4 is 0 Å². The minimum atomic E-state index is -2.16. The molecule has 1 aromatic rings. The van der Waals surface area contributed by atoms with E-state index in [4.69, 9.17) is 21.0 Å². The van der Waals surface area contributed by atoms with Crippen molar-refractivity contribution in [2.75, 3.05) is 13.7 Å². The predicted octanol–water partition coefficient (Wildman–Crippen LogP) is -2.84. The van der Waals surface area contributed by atoms with Crippen molar-refractivity contribution in [3.8, 4) is 18.1 Å². The Bertz CT molecular complexity index is 688. The van der Waals surface area contributed by atoms with Gasteiger partial charge in [0.05, 0.1) is 19.9 Å². The first-order valence-corrected chi connectivity index (χ1v) is 5.93. The first kappa shape index (κ1) is 15.3. The Morgan fingerprint density at radius 3 is 2.76 bits per heavy atom. The summed E-state index contributed by atoms with van der Waals surface area (Å²) in [5, 5.41) is 29.4. The molecule has 9 heteroatoms. The Kier molecular flexibility index (Phi) is 3.89. The van der Waals surface area contributed by atoms with E-state index in [0.717, 1.165) is 10.8 Å². The second-order valence-corrected chi connectivity index (χ2v) is 4.48. The molecular weight excluding hydrogens is 284 g/mol. The number of nitrogens with zero attached hydrogens (tertiary/aromatic N) is 1. The van der Waals surface area contributed by atoms with Crippen LogP contribution in [0, 0.1) is 12.3 Å². The van der Waals surface area contributed by atoms with Gasteiger partial charge in [0.2, 0.25) is 5.75 Å². The molecule has 0 saturated carbocycles. The van der Waals surface area contributed by atoms with Gasteiger partial charge in [-0.25, -0.2) is 4.79 Å². The van der Waals surface area contributed by atoms with Gasteiger partial charge in [0.25, 0.3) is 5.56 Å². The van der Waals surface area contributed by atoms with Crippen LogP contribution >= 0.6 is 0 Å². The number of nitrogens with one attached hydrogen (secondary N) is 1. The quantitative estimate of drug-likeness (QED) is 0.442. The van der Waals surface area contributed by atoms with Gasteiger partial charge in [-0.2, -0.15) is 0 Å². The van der Waals surface area contributed by atoms with E-state index in [0.29, 0.717) is 0 Å². The second kappa shape index (κ2) is 5.34. The van der Waals surface area contributed by atoms with Gasteiger partial charge in [-0.3, -0.25) is 14.3 Å². The topological polar surface area (TPSA) is 134 Å². The molecule has 2 heterocycles. The average molecular weight is 298 g/mol. The molecule has 4 N–H and O–H groups in total. The maximum absolute atomic E-state index is 11.8. The Labute approximate surface area is 118 Å². The highest BCUT2D eigenvalue weighted by molar-refractivity contribution is 5.21. The van der Waals surface area contributed by atoms with Crippen molar-refractivity contribution in [3.63, 3.8) is 0 Å². The lowest BCUT2D eigenvalue weighted by molar-refractivity contribution is -0.0625. The molecule has 0 spiro atoms. The summed E-state index contributed by atoms with van der Waals surface area (Å²) in [6.07, 6.45) is 1.82. The van der Waals surface area contributed by atoms with Crippen molar-refractivity contribution < 1.29 is 24.8 Å². The van der Waals surface area contributed by atoms with Gasteiger partial charge in [0.15, 0.2) is 11.8 Å². The van der Waals surface area contributed by atoms with Crippen LogP contribution in [0.15, 0.2) is 15.8 Å². The number of hydrogen-bond donors (Lipinski definition) is 4. The zero-order chi connectivity index (χ0) is 15.8. The summed E-state index contributed by atoms with van der Waals surface area (Å²) in [7, 11) is 1.22. The van der Waals surface area contributed by atoms with Gasteiger partial charge in [0.1, 0.15) is 12.2 Å². The molecule has 1 aliphatic rings. The SMILES string of the molecule is C#C[C@]1(O)C(O)[C@H](n2cc(OC)c(=O)[nH]c2=O)O[C@@H]1CO. The van der Waals surface area contributed by atoms with Gasteiger partial charge in [-0.15, -0.1) is 6.42 Å². The highest BCUT2D eigenvalue weighted by atomic mass is 16.6. The van der Waals surface area contributed by atoms with E-state index in [2.05, 4.69) is 0 Å². The number of rotatable bonds is 3. The third kappa shape index (κ3) is 2.24. The normalized spacial score (nSPS) is 31.9. The highest BCUT2D eigenvalue weighted by Crippen LogP contribution is 2.36. The number of methoxy groups -OCH3 is 1. The number of ether oxygens (including phenoxy) is 2. The second-order valence-electron chi connectivity index (χ2n) is 4.48. The molecule has 0 radical (unpaired) electrons. The minimum absolute atomic E-state index is 0.193. The molecule has 21 heavy (non-hydrogen) atoms. The molecule has 114 valence electrons. The predicted molar refractivity (Wildman–Crippen MR) is 68.7 cm³/mol. The zero-order valence-corrected chi connectivity index (χ0v) is 11.0. The molecule has 0 aliphatic carbocycles. The van der Waals surface area contributed by atoms with E-state index in [-0.39, 0.29) is 5.75 Å². The van der Waals surface area contributed by atoms with Gasteiger partial charge in [0, 0.05) is 0 Å². The molecule has 1 saturated heterocycles. The molecule has 2 rings (SSSR count). The first-order valence-electron chi connectivity index (χ1n) is 5.93. The third-order valence-electron chi connectivity index (χ3n) is 3.34. The van der Waals surface area contributed by atoms with Gasteiger partial charge < -0.3 is 24.8 Å². The summed E-state index contributed by atoms with van der Waals surface area (Å²) in [5.74, 6) is 1.76. The summed E-state index contributed by atoms with van der Waals surface area (Å²) in [6, 6.07) is 0. The molecule has 0 bridgehead atoms. The minimum Gasteiger partial charge on any atom is -0.490 e. The third-order valence-corrected chi connectivity index (χ3v) is 3.34. The molecule has 0 amide bonds. The fourth-order valence-corrected chi connectivity index (χ4v) is 2.13. The smallest absolute Gasteiger partial charge is 0.330 e. The van der Waals surface area contributed by atoms with E-state index in [1.54, 1.807) is 0 Å². The molecule has 1 unspecified atom stereocenters. The summed E-state index contributed by atoms with van der Waals surface area (Å²) in [5.41, 5.74) is -3.80. The Hall–Kier alpha value is -2.12. The number of aromatic amines is 1. The Morgan fingerprint density at radius 1 is 1.62 bits per heavy atom. The van der Waals surface area contributed by atoms with Crippen LogP contribution < -0.4 is 16.0 Å². The first-order chi connectivity index (χ1) is 9.88. The molecule has 0 aromatic carbocycles. The van der Waals surface area contributed by atoms with Crippen molar-refractivity contribution in [2.45, 2.75) is 24.0 Å². The summed E-state index contributed by atoms with van der Waals surface area (Å²) >= 11 is 0. The lowest BCUT2D eigenvalue weighted by Gasteiger charge is -2.24. The lowest BCUT2D eigenvalue weighted by atomic mass is 9.93. The van der Waals surface area contributed by atoms with E-state index < -0.39 is 41.9 Å². The number of aliphatic hydroxyl groups is 3. The fraction of sp³-hybridized carbons (Fsp3) is 0.500. The van der Waals surface area contributed by atoms with E-state index in [9.17, 15) is 19.8 Å². The zero-order valence-electron chi connectivity index (χ0n) is 11.0. The van der Waals surface area contributed by atoms with Crippen molar-refractivity contribution in [3.05, 3.63) is 27.0 Å². The van der Waals surface area contributed by atoms with Crippen LogP contribution in [0.5, 0.6) is 5.75 Å². The van der Waals surface area contributed by atoms with Crippen LogP contribution in [-0.2, 0) is 4.74 Å². The van der Waals surface area contributed by atoms with Gasteiger partial charge in [-0.05, 0) is 0 Å². The van der Waals surface area contributed by atoms with Gasteiger partial charge >= 0.3 is 5.69 Å². The number of terminal acetylenes is 1. The van der Waals surface area contributed by atoms with Crippen LogP contribution in [0.4, 0.5) is 0 Å². The standard InChI is InChI=1S/C12H14N2O7/c1-3-12(19)7(5-15)21-10(8(12)16)14-4-6(20-2)9(17)13-11(14)18/h1,4,7-8,10,15-16,19H,5H2,2H3,(H,13,17,18)/t7-,8?,10-,12-/m1/s1. The number of hydrogen-bond acceptors (Lipinski definition) is 7. The maximum Gasteiger partial charge on any atom is 0.330 e. The van der Waals surface area contributed by atoms with Crippen LogP contribution in [0.2, 0.25) is 0 Å². The largest absolute Gasteiger partial charge is 0.490 e. The molecule has 1 fully saturated rings. The number of aliphatic hydroxyl groups excluding tert-OH is 2. The average Bonchev–Trinajstić information content (AvgIpc) is 2.72. The van der Waals surface area contributed by atoms with Crippen molar-refractivity contribution in [1.82, 2.24) is 9.55 Å². The number of H-pyrrole nitrogens is 1. The molecule has 1 aliphatic heterocycles. The monoisotopic (exact) mass is 298 g/mol.